The van der Waals surface area contributed by atoms with Gasteiger partial charge in [0.1, 0.15) is 0 Å². The molecule has 0 aliphatic heterocycles. The van der Waals surface area contributed by atoms with E-state index in [1.54, 1.807) is 6.92 Å². The number of hydrogen-bond acceptors (Lipinski definition) is 2. The van der Waals surface area contributed by atoms with E-state index in [-0.39, 0.29) is 5.41 Å². The van der Waals surface area contributed by atoms with Gasteiger partial charge in [-0.2, -0.15) is 0 Å². The Bertz CT molecular complexity index is 299. The maximum Gasteiger partial charge on any atom is 0.293 e. The summed E-state index contributed by atoms with van der Waals surface area (Å²) in [6.07, 6.45) is 0. The summed E-state index contributed by atoms with van der Waals surface area (Å²) in [5.41, 5.74) is 1.64. The van der Waals surface area contributed by atoms with E-state index in [1.165, 1.54) is 5.56 Å². The molecule has 0 saturated heterocycles. The van der Waals surface area contributed by atoms with Crippen LogP contribution in [0.25, 0.3) is 0 Å². The predicted octanol–water partition coefficient (Wildman–Crippen LogP) is 4.95. The molecule has 2 nitrogen and oxygen atoms in total. The first kappa shape index (κ1) is 19.5. The van der Waals surface area contributed by atoms with Gasteiger partial charge in [-0.1, -0.05) is 62.7 Å². The largest absolute Gasteiger partial charge is 0.468 e. The molecule has 0 unspecified atom stereocenters. The van der Waals surface area contributed by atoms with Gasteiger partial charge in [0.15, 0.2) is 0 Å². The van der Waals surface area contributed by atoms with Crippen LogP contribution in [0.4, 0.5) is 0 Å². The molecule has 0 aliphatic rings. The van der Waals surface area contributed by atoms with Gasteiger partial charge in [0.2, 0.25) is 0 Å². The van der Waals surface area contributed by atoms with E-state index in [0.717, 1.165) is 4.47 Å². The summed E-state index contributed by atoms with van der Waals surface area (Å²) in [5.74, 6) is 0. The van der Waals surface area contributed by atoms with Gasteiger partial charge in [0, 0.05) is 4.47 Å². The number of hydrogen-bond donors (Lipinski definition) is 0. The molecule has 0 fully saturated rings. The van der Waals surface area contributed by atoms with Crippen molar-refractivity contribution in [3.8, 4) is 0 Å². The molecule has 18 heavy (non-hydrogen) atoms. The number of carbonyl (C=O) groups is 1. The van der Waals surface area contributed by atoms with E-state index >= 15 is 0 Å². The van der Waals surface area contributed by atoms with Crippen LogP contribution in [0.5, 0.6) is 0 Å². The zero-order chi connectivity index (χ0) is 14.6. The molecule has 1 rings (SSSR count). The molecule has 0 bridgehead atoms. The minimum Gasteiger partial charge on any atom is -0.468 e. The monoisotopic (exact) mass is 316 g/mol. The van der Waals surface area contributed by atoms with E-state index in [1.807, 2.05) is 13.8 Å². The van der Waals surface area contributed by atoms with Crippen molar-refractivity contribution < 1.29 is 9.53 Å². The highest BCUT2D eigenvalue weighted by atomic mass is 79.9. The third-order valence-electron chi connectivity index (χ3n) is 1.94. The topological polar surface area (TPSA) is 26.3 Å². The summed E-state index contributed by atoms with van der Waals surface area (Å²) in [7, 11) is 0. The third-order valence-corrected chi connectivity index (χ3v) is 2.47. The molecule has 0 N–H and O–H groups in total. The van der Waals surface area contributed by atoms with Gasteiger partial charge >= 0.3 is 0 Å². The molecule has 0 atom stereocenters. The normalized spacial score (nSPS) is 9.28. The Labute approximate surface area is 120 Å². The lowest BCUT2D eigenvalue weighted by Crippen LogP contribution is -2.10. The second-order valence-corrected chi connectivity index (χ2v) is 5.22. The van der Waals surface area contributed by atoms with Crippen molar-refractivity contribution in [2.75, 3.05) is 6.61 Å². The minimum absolute atomic E-state index is 0.265. The zero-order valence-corrected chi connectivity index (χ0v) is 13.9. The van der Waals surface area contributed by atoms with Crippen LogP contribution in [-0.4, -0.2) is 13.1 Å². The molecule has 0 heterocycles. The second kappa shape index (κ2) is 11.3. The Kier molecular flexibility index (Phi) is 12.2. The van der Waals surface area contributed by atoms with Gasteiger partial charge in [-0.15, -0.1) is 0 Å². The van der Waals surface area contributed by atoms with Crippen LogP contribution in [0.3, 0.4) is 0 Å². The van der Waals surface area contributed by atoms with Crippen LogP contribution in [0, 0.1) is 0 Å². The van der Waals surface area contributed by atoms with E-state index in [4.69, 9.17) is 0 Å². The number of benzene rings is 1. The van der Waals surface area contributed by atoms with Crippen LogP contribution in [0.2, 0.25) is 0 Å². The number of rotatable bonds is 2. The van der Waals surface area contributed by atoms with Crippen molar-refractivity contribution in [3.63, 3.8) is 0 Å². The van der Waals surface area contributed by atoms with Gasteiger partial charge < -0.3 is 4.74 Å². The predicted molar refractivity (Wildman–Crippen MR) is 81.9 cm³/mol. The highest BCUT2D eigenvalue weighted by Crippen LogP contribution is 2.23. The molecule has 1 aromatic carbocycles. The fraction of sp³-hybridized carbons (Fsp3) is 0.533. The summed E-state index contributed by atoms with van der Waals surface area (Å²) in [6, 6.07) is 8.48. The summed E-state index contributed by atoms with van der Waals surface area (Å²) < 4.78 is 5.30. The number of carbonyl (C=O) groups excluding carboxylic acids is 1. The van der Waals surface area contributed by atoms with Gasteiger partial charge in [0.05, 0.1) is 6.61 Å². The lowest BCUT2D eigenvalue weighted by molar-refractivity contribution is -0.128. The molecule has 0 radical (unpaired) electrons. The minimum atomic E-state index is 0.265. The van der Waals surface area contributed by atoms with Gasteiger partial charge in [0.25, 0.3) is 6.47 Å². The molecule has 1 aromatic rings. The number of halogens is 1. The van der Waals surface area contributed by atoms with Crippen molar-refractivity contribution in [2.45, 2.75) is 47.0 Å². The summed E-state index contributed by atoms with van der Waals surface area (Å²) in [5, 5.41) is 0. The fourth-order valence-electron chi connectivity index (χ4n) is 1.02. The van der Waals surface area contributed by atoms with Gasteiger partial charge in [-0.05, 0) is 30.0 Å². The first-order valence-corrected chi connectivity index (χ1v) is 7.02. The molecule has 0 aliphatic carbocycles. The third kappa shape index (κ3) is 10.3. The van der Waals surface area contributed by atoms with E-state index in [0.29, 0.717) is 13.1 Å². The van der Waals surface area contributed by atoms with Crippen molar-refractivity contribution in [2.24, 2.45) is 0 Å². The Balaban J connectivity index is 0. The molecule has 0 amide bonds. The summed E-state index contributed by atoms with van der Waals surface area (Å²) in [6.45, 7) is 13.3. The quantitative estimate of drug-likeness (QED) is 0.721. The van der Waals surface area contributed by atoms with Crippen LogP contribution < -0.4 is 0 Å². The SMILES string of the molecule is CC.CC(C)(C)c1ccc(Br)cc1.CCOC=O. The number of ether oxygens (including phenoxy) is 1. The van der Waals surface area contributed by atoms with Gasteiger partial charge in [-0.25, -0.2) is 0 Å². The lowest BCUT2D eigenvalue weighted by atomic mass is 9.87. The van der Waals surface area contributed by atoms with Crippen LogP contribution >= 0.6 is 15.9 Å². The molecular formula is C15H25BrO2. The summed E-state index contributed by atoms with van der Waals surface area (Å²) in [4.78, 5) is 9.18. The Morgan fingerprint density at radius 3 is 1.83 bits per heavy atom. The van der Waals surface area contributed by atoms with E-state index in [2.05, 4.69) is 65.7 Å². The van der Waals surface area contributed by atoms with Crippen LogP contribution in [-0.2, 0) is 14.9 Å². The van der Waals surface area contributed by atoms with Crippen LogP contribution in [0.1, 0.15) is 47.1 Å². The average Bonchev–Trinajstić information content (AvgIpc) is 2.33. The van der Waals surface area contributed by atoms with E-state index < -0.39 is 0 Å². The molecule has 104 valence electrons. The zero-order valence-electron chi connectivity index (χ0n) is 12.3. The highest BCUT2D eigenvalue weighted by molar-refractivity contribution is 9.10. The first-order chi connectivity index (χ1) is 8.41. The molecule has 0 saturated carbocycles. The van der Waals surface area contributed by atoms with Crippen molar-refractivity contribution >= 4 is 22.4 Å². The molecule has 0 spiro atoms. The standard InChI is InChI=1S/C10H13Br.C3H6O2.C2H6/c1-10(2,3)8-4-6-9(11)7-5-8;1-2-5-3-4;1-2/h4-7H,1-3H3;3H,2H2,1H3;1-2H3. The Morgan fingerprint density at radius 2 is 1.61 bits per heavy atom. The highest BCUT2D eigenvalue weighted by Gasteiger charge is 2.12. The van der Waals surface area contributed by atoms with Crippen LogP contribution in [0.15, 0.2) is 28.7 Å². The molecule has 0 aromatic heterocycles. The average molecular weight is 317 g/mol. The molecule has 3 heteroatoms. The van der Waals surface area contributed by atoms with Gasteiger partial charge in [-0.3, -0.25) is 4.79 Å². The Hall–Kier alpha value is -0.830. The van der Waals surface area contributed by atoms with Crippen molar-refractivity contribution in [3.05, 3.63) is 34.3 Å². The maximum atomic E-state index is 9.18. The molecular weight excluding hydrogens is 292 g/mol. The van der Waals surface area contributed by atoms with E-state index in [9.17, 15) is 4.79 Å². The first-order valence-electron chi connectivity index (χ1n) is 6.23. The fourth-order valence-corrected chi connectivity index (χ4v) is 1.28. The van der Waals surface area contributed by atoms with Crippen molar-refractivity contribution in [1.82, 2.24) is 0 Å². The second-order valence-electron chi connectivity index (χ2n) is 4.31. The maximum absolute atomic E-state index is 9.18. The smallest absolute Gasteiger partial charge is 0.293 e. The lowest BCUT2D eigenvalue weighted by Gasteiger charge is -2.18. The van der Waals surface area contributed by atoms with Crippen molar-refractivity contribution in [1.29, 1.82) is 0 Å². The Morgan fingerprint density at radius 1 is 1.17 bits per heavy atom. The summed E-state index contributed by atoms with van der Waals surface area (Å²) >= 11 is 3.41.